The van der Waals surface area contributed by atoms with E-state index in [0.29, 0.717) is 0 Å². The third-order valence-electron chi connectivity index (χ3n) is 5.53. The molecule has 152 valence electrons. The molecular formula is C23H33N3O2. The van der Waals surface area contributed by atoms with Crippen LogP contribution in [0.5, 0.6) is 5.75 Å². The number of nitrogens with zero attached hydrogens (tertiary/aromatic N) is 3. The van der Waals surface area contributed by atoms with Crippen LogP contribution in [0, 0.1) is 5.92 Å². The molecule has 28 heavy (non-hydrogen) atoms. The quantitative estimate of drug-likeness (QED) is 0.628. The minimum Gasteiger partial charge on any atom is -0.496 e. The number of hydrogen-bond acceptors (Lipinski definition) is 5. The molecule has 2 aromatic rings. The van der Waals surface area contributed by atoms with Gasteiger partial charge in [-0.25, -0.2) is 0 Å². The zero-order valence-electron chi connectivity index (χ0n) is 17.2. The summed E-state index contributed by atoms with van der Waals surface area (Å²) in [7, 11) is 3.52. The van der Waals surface area contributed by atoms with Crippen LogP contribution in [-0.4, -0.2) is 61.8 Å². The Morgan fingerprint density at radius 3 is 2.57 bits per heavy atom. The van der Waals surface area contributed by atoms with E-state index in [1.807, 2.05) is 24.4 Å². The van der Waals surface area contributed by atoms with Gasteiger partial charge >= 0.3 is 0 Å². The van der Waals surface area contributed by atoms with Crippen LogP contribution >= 0.6 is 0 Å². The number of ether oxygens (including phenoxy) is 2. The fourth-order valence-corrected chi connectivity index (χ4v) is 3.94. The first-order valence-electron chi connectivity index (χ1n) is 10.2. The van der Waals surface area contributed by atoms with Gasteiger partial charge in [-0.2, -0.15) is 0 Å². The Balaban J connectivity index is 1.49. The highest BCUT2D eigenvalue weighted by molar-refractivity contribution is 5.33. The first kappa shape index (κ1) is 20.8. The number of hydrogen-bond donors (Lipinski definition) is 0. The van der Waals surface area contributed by atoms with Crippen molar-refractivity contribution < 1.29 is 9.47 Å². The molecule has 0 spiro atoms. The number of likely N-dealkylation sites (tertiary alicyclic amines) is 1. The molecule has 0 aliphatic carbocycles. The van der Waals surface area contributed by atoms with E-state index in [4.69, 9.17) is 9.47 Å². The molecule has 0 atom stereocenters. The first-order chi connectivity index (χ1) is 13.8. The van der Waals surface area contributed by atoms with E-state index >= 15 is 0 Å². The molecule has 1 saturated heterocycles. The molecule has 2 heterocycles. The van der Waals surface area contributed by atoms with Crippen LogP contribution in [0.3, 0.4) is 0 Å². The number of pyridine rings is 1. The van der Waals surface area contributed by atoms with Gasteiger partial charge in [0.15, 0.2) is 0 Å². The van der Waals surface area contributed by atoms with Gasteiger partial charge < -0.3 is 9.47 Å². The van der Waals surface area contributed by atoms with Crippen LogP contribution in [0.4, 0.5) is 0 Å². The number of benzene rings is 1. The summed E-state index contributed by atoms with van der Waals surface area (Å²) < 4.78 is 10.8. The third-order valence-corrected chi connectivity index (χ3v) is 5.53. The van der Waals surface area contributed by atoms with Crippen LogP contribution in [-0.2, 0) is 17.8 Å². The van der Waals surface area contributed by atoms with Crippen molar-refractivity contribution in [3.8, 4) is 5.75 Å². The smallest absolute Gasteiger partial charge is 0.123 e. The summed E-state index contributed by atoms with van der Waals surface area (Å²) in [6.45, 7) is 6.98. The van der Waals surface area contributed by atoms with Crippen LogP contribution in [0.2, 0.25) is 0 Å². The highest BCUT2D eigenvalue weighted by Crippen LogP contribution is 2.24. The molecular weight excluding hydrogens is 350 g/mol. The predicted molar refractivity (Wildman–Crippen MR) is 112 cm³/mol. The summed E-state index contributed by atoms with van der Waals surface area (Å²) >= 11 is 0. The van der Waals surface area contributed by atoms with Crippen molar-refractivity contribution in [3.05, 3.63) is 59.9 Å². The summed E-state index contributed by atoms with van der Waals surface area (Å²) in [4.78, 5) is 9.53. The summed E-state index contributed by atoms with van der Waals surface area (Å²) in [6.07, 6.45) is 4.35. The van der Waals surface area contributed by atoms with Gasteiger partial charge in [0.2, 0.25) is 0 Å². The van der Waals surface area contributed by atoms with E-state index in [0.717, 1.165) is 63.2 Å². The fraction of sp³-hybridized carbons (Fsp3) is 0.522. The maximum atomic E-state index is 5.50. The second kappa shape index (κ2) is 11.1. The Kier molecular flexibility index (Phi) is 8.27. The average molecular weight is 384 g/mol. The molecule has 1 aromatic carbocycles. The van der Waals surface area contributed by atoms with Crippen LogP contribution < -0.4 is 4.74 Å². The molecule has 1 aliphatic rings. The molecule has 5 nitrogen and oxygen atoms in total. The largest absolute Gasteiger partial charge is 0.496 e. The van der Waals surface area contributed by atoms with Crippen molar-refractivity contribution in [2.24, 2.45) is 5.92 Å². The van der Waals surface area contributed by atoms with Gasteiger partial charge in [0, 0.05) is 45.0 Å². The van der Waals surface area contributed by atoms with Crippen molar-refractivity contribution in [2.45, 2.75) is 25.9 Å². The minimum absolute atomic E-state index is 0.731. The van der Waals surface area contributed by atoms with Crippen molar-refractivity contribution in [1.29, 1.82) is 0 Å². The lowest BCUT2D eigenvalue weighted by atomic mass is 9.95. The maximum absolute atomic E-state index is 5.50. The first-order valence-corrected chi connectivity index (χ1v) is 10.2. The van der Waals surface area contributed by atoms with Crippen LogP contribution in [0.15, 0.2) is 48.7 Å². The average Bonchev–Trinajstić information content (AvgIpc) is 2.74. The monoisotopic (exact) mass is 383 g/mol. The molecule has 0 saturated carbocycles. The lowest BCUT2D eigenvalue weighted by Gasteiger charge is -2.35. The number of methoxy groups -OCH3 is 2. The van der Waals surface area contributed by atoms with Crippen LogP contribution in [0.1, 0.15) is 24.1 Å². The van der Waals surface area contributed by atoms with E-state index < -0.39 is 0 Å². The van der Waals surface area contributed by atoms with Gasteiger partial charge in [0.1, 0.15) is 5.75 Å². The van der Waals surface area contributed by atoms with Crippen molar-refractivity contribution in [1.82, 2.24) is 14.8 Å². The zero-order chi connectivity index (χ0) is 19.6. The van der Waals surface area contributed by atoms with E-state index in [2.05, 4.69) is 39.0 Å². The van der Waals surface area contributed by atoms with Gasteiger partial charge in [0.25, 0.3) is 0 Å². The van der Waals surface area contributed by atoms with Gasteiger partial charge in [-0.1, -0.05) is 24.3 Å². The highest BCUT2D eigenvalue weighted by atomic mass is 16.5. The minimum atomic E-state index is 0.731. The number of aromatic nitrogens is 1. The Morgan fingerprint density at radius 1 is 1.07 bits per heavy atom. The Labute approximate surface area is 169 Å². The molecule has 1 aromatic heterocycles. The molecule has 1 fully saturated rings. The standard InChI is InChI=1S/C23H33N3O2/c1-27-16-15-26(19-22-8-5-6-12-24-22)17-20-10-13-25(14-11-20)18-21-7-3-4-9-23(21)28-2/h3-9,12,20H,10-11,13-19H2,1-2H3. The fourth-order valence-electron chi connectivity index (χ4n) is 3.94. The lowest BCUT2D eigenvalue weighted by Crippen LogP contribution is -2.39. The lowest BCUT2D eigenvalue weighted by molar-refractivity contribution is 0.105. The summed E-state index contributed by atoms with van der Waals surface area (Å²) in [6, 6.07) is 14.5. The molecule has 1 aliphatic heterocycles. The normalized spacial score (nSPS) is 15.8. The molecule has 0 bridgehead atoms. The van der Waals surface area contributed by atoms with E-state index in [1.165, 1.54) is 18.4 Å². The third kappa shape index (κ3) is 6.30. The predicted octanol–water partition coefficient (Wildman–Crippen LogP) is 3.45. The Morgan fingerprint density at radius 2 is 1.86 bits per heavy atom. The highest BCUT2D eigenvalue weighted by Gasteiger charge is 2.22. The van der Waals surface area contributed by atoms with E-state index in [9.17, 15) is 0 Å². The molecule has 0 unspecified atom stereocenters. The number of rotatable bonds is 10. The van der Waals surface area contributed by atoms with Crippen molar-refractivity contribution in [3.63, 3.8) is 0 Å². The van der Waals surface area contributed by atoms with Gasteiger partial charge in [-0.05, 0) is 50.0 Å². The van der Waals surface area contributed by atoms with Gasteiger partial charge in [0.05, 0.1) is 19.4 Å². The topological polar surface area (TPSA) is 37.8 Å². The Bertz CT molecular complexity index is 687. The van der Waals surface area contributed by atoms with Gasteiger partial charge in [-0.15, -0.1) is 0 Å². The SMILES string of the molecule is COCCN(Cc1ccccn1)CC1CCN(Cc2ccccc2OC)CC1. The summed E-state index contributed by atoms with van der Waals surface area (Å²) in [5.41, 5.74) is 2.41. The number of piperidine rings is 1. The van der Waals surface area contributed by atoms with E-state index in [1.54, 1.807) is 14.2 Å². The van der Waals surface area contributed by atoms with Crippen LogP contribution in [0.25, 0.3) is 0 Å². The molecule has 0 radical (unpaired) electrons. The second-order valence-electron chi connectivity index (χ2n) is 7.58. The summed E-state index contributed by atoms with van der Waals surface area (Å²) in [5.74, 6) is 1.72. The maximum Gasteiger partial charge on any atom is 0.123 e. The van der Waals surface area contributed by atoms with Gasteiger partial charge in [-0.3, -0.25) is 14.8 Å². The molecule has 0 amide bonds. The zero-order valence-corrected chi connectivity index (χ0v) is 17.2. The molecule has 5 heteroatoms. The van der Waals surface area contributed by atoms with Crippen molar-refractivity contribution >= 4 is 0 Å². The molecule has 0 N–H and O–H groups in total. The number of para-hydroxylation sites is 1. The van der Waals surface area contributed by atoms with E-state index in [-0.39, 0.29) is 0 Å². The van der Waals surface area contributed by atoms with Crippen molar-refractivity contribution in [2.75, 3.05) is 47.0 Å². The Hall–Kier alpha value is -1.95. The summed E-state index contributed by atoms with van der Waals surface area (Å²) in [5, 5.41) is 0. The molecule has 3 rings (SSSR count). The second-order valence-corrected chi connectivity index (χ2v) is 7.58.